The summed E-state index contributed by atoms with van der Waals surface area (Å²) in [6.45, 7) is 0. The first kappa shape index (κ1) is 15.7. The zero-order valence-electron chi connectivity index (χ0n) is 2.61. The van der Waals surface area contributed by atoms with Crippen LogP contribution in [0.25, 0.3) is 0 Å². The van der Waals surface area contributed by atoms with Gasteiger partial charge in [-0.15, -0.1) is 9.79 Å². The van der Waals surface area contributed by atoms with Gasteiger partial charge in [0.25, 0.3) is 0 Å². The van der Waals surface area contributed by atoms with Gasteiger partial charge in [0.2, 0.25) is 0 Å². The molecule has 0 saturated heterocycles. The van der Waals surface area contributed by atoms with Crippen LogP contribution in [0.4, 0.5) is 0 Å². The van der Waals surface area contributed by atoms with Crippen molar-refractivity contribution >= 4 is 8.25 Å². The summed E-state index contributed by atoms with van der Waals surface area (Å²) in [5.41, 5.74) is 0. The van der Waals surface area contributed by atoms with Crippen molar-refractivity contribution in [2.24, 2.45) is 0 Å². The van der Waals surface area contributed by atoms with E-state index < -0.39 is 8.25 Å². The number of hydrogen-bond donors (Lipinski definition) is 2. The molecular formula is H2MoO3PV+. The summed E-state index contributed by atoms with van der Waals surface area (Å²) in [6, 6.07) is 0. The number of hydrogen-bond acceptors (Lipinski definition) is 1. The van der Waals surface area contributed by atoms with Crippen LogP contribution < -0.4 is 0 Å². The largest absolute Gasteiger partial charge is 0.692 e. The quantitative estimate of drug-likeness (QED) is 0.439. The number of rotatable bonds is 0. The van der Waals surface area contributed by atoms with E-state index >= 15 is 0 Å². The van der Waals surface area contributed by atoms with E-state index in [1.165, 1.54) is 0 Å². The van der Waals surface area contributed by atoms with Crippen LogP contribution in [0.3, 0.4) is 0 Å². The van der Waals surface area contributed by atoms with Crippen LogP contribution in [0.1, 0.15) is 0 Å². The zero-order valence-corrected chi connectivity index (χ0v) is 6.90. The molecular weight excluding hydrogens is 226 g/mol. The van der Waals surface area contributed by atoms with Gasteiger partial charge in [-0.05, 0) is 0 Å². The second-order valence-corrected chi connectivity index (χ2v) is 0.758. The molecule has 0 spiro atoms. The standard InChI is InChI=1S/Mo.HO3P.V/c;1-4(2)3;/h;(H-,1,2,3);/p+1. The minimum Gasteiger partial charge on any atom is -0.134 e. The molecule has 0 aromatic heterocycles. The minimum absolute atomic E-state index is 0. The molecule has 35 valence electrons. The van der Waals surface area contributed by atoms with Crippen molar-refractivity contribution in [1.29, 1.82) is 0 Å². The Bertz CT molecular complexity index is 33.8. The monoisotopic (exact) mass is 230 g/mol. The van der Waals surface area contributed by atoms with E-state index in [-0.39, 0.29) is 39.6 Å². The van der Waals surface area contributed by atoms with Crippen LogP contribution in [0.15, 0.2) is 0 Å². The second-order valence-electron chi connectivity index (χ2n) is 0.253. The van der Waals surface area contributed by atoms with E-state index in [1.807, 2.05) is 0 Å². The molecule has 0 atom stereocenters. The maximum Gasteiger partial charge on any atom is 0.692 e. The Labute approximate surface area is 62.2 Å². The SMILES string of the molecule is O=[P+](O)O.[Mo].[V]. The zero-order chi connectivity index (χ0) is 3.58. The van der Waals surface area contributed by atoms with Crippen LogP contribution in [0.5, 0.6) is 0 Å². The summed E-state index contributed by atoms with van der Waals surface area (Å²) in [6.07, 6.45) is 0. The van der Waals surface area contributed by atoms with Crippen molar-refractivity contribution in [2.45, 2.75) is 0 Å². The average molecular weight is 228 g/mol. The molecule has 0 heterocycles. The van der Waals surface area contributed by atoms with Gasteiger partial charge in [-0.1, -0.05) is 0 Å². The van der Waals surface area contributed by atoms with Crippen molar-refractivity contribution < 1.29 is 54.0 Å². The van der Waals surface area contributed by atoms with Crippen molar-refractivity contribution in [3.63, 3.8) is 0 Å². The first-order chi connectivity index (χ1) is 1.73. The first-order valence-electron chi connectivity index (χ1n) is 0.583. The normalized spacial score (nSPS) is 4.33. The summed E-state index contributed by atoms with van der Waals surface area (Å²) >= 11 is 0. The first-order valence-corrected chi connectivity index (χ1v) is 1.75. The molecule has 6 heavy (non-hydrogen) atoms. The van der Waals surface area contributed by atoms with Gasteiger partial charge in [0, 0.05) is 44.2 Å². The van der Waals surface area contributed by atoms with E-state index in [0.29, 0.717) is 0 Å². The Morgan fingerprint density at radius 3 is 1.33 bits per heavy atom. The van der Waals surface area contributed by atoms with Gasteiger partial charge < -0.3 is 0 Å². The molecule has 0 rings (SSSR count). The molecule has 3 nitrogen and oxygen atoms in total. The van der Waals surface area contributed by atoms with Crippen molar-refractivity contribution in [2.75, 3.05) is 0 Å². The average Bonchev–Trinajstić information content (AvgIpc) is 0.811. The summed E-state index contributed by atoms with van der Waals surface area (Å²) in [5.74, 6) is 0. The third kappa shape index (κ3) is 58.4. The maximum absolute atomic E-state index is 8.70. The summed E-state index contributed by atoms with van der Waals surface area (Å²) in [5, 5.41) is 0. The van der Waals surface area contributed by atoms with Crippen LogP contribution in [0.2, 0.25) is 0 Å². The van der Waals surface area contributed by atoms with E-state index in [0.717, 1.165) is 0 Å². The van der Waals surface area contributed by atoms with Gasteiger partial charge in [0.15, 0.2) is 0 Å². The molecule has 0 amide bonds. The molecule has 0 aromatic rings. The Kier molecular flexibility index (Phi) is 25.0. The Balaban J connectivity index is -0.0000000450. The third-order valence-corrected chi connectivity index (χ3v) is 0. The van der Waals surface area contributed by atoms with E-state index in [1.54, 1.807) is 0 Å². The topological polar surface area (TPSA) is 57.5 Å². The summed E-state index contributed by atoms with van der Waals surface area (Å²) < 4.78 is 8.70. The molecule has 0 unspecified atom stereocenters. The molecule has 0 aliphatic heterocycles. The molecule has 0 aliphatic rings. The predicted octanol–water partition coefficient (Wildman–Crippen LogP) is -0.377. The Morgan fingerprint density at radius 1 is 1.33 bits per heavy atom. The molecule has 2 N–H and O–H groups in total. The minimum atomic E-state index is -2.87. The van der Waals surface area contributed by atoms with Crippen LogP contribution in [-0.4, -0.2) is 9.79 Å². The van der Waals surface area contributed by atoms with Crippen LogP contribution >= 0.6 is 8.25 Å². The fourth-order valence-electron chi connectivity index (χ4n) is 0. The van der Waals surface area contributed by atoms with Gasteiger partial charge in [0.1, 0.15) is 0 Å². The van der Waals surface area contributed by atoms with Gasteiger partial charge in [-0.25, -0.2) is 0 Å². The Morgan fingerprint density at radius 2 is 1.33 bits per heavy atom. The van der Waals surface area contributed by atoms with E-state index in [9.17, 15) is 0 Å². The van der Waals surface area contributed by atoms with Gasteiger partial charge in [-0.3, -0.25) is 0 Å². The second kappa shape index (κ2) is 9.57. The van der Waals surface area contributed by atoms with E-state index in [2.05, 4.69) is 0 Å². The fourth-order valence-corrected chi connectivity index (χ4v) is 0. The molecule has 0 aliphatic carbocycles. The predicted molar refractivity (Wildman–Crippen MR) is 12.0 cm³/mol. The fraction of sp³-hybridized carbons (Fsp3) is 0. The molecule has 0 bridgehead atoms. The molecule has 0 saturated carbocycles. The maximum atomic E-state index is 8.70. The van der Waals surface area contributed by atoms with Crippen molar-refractivity contribution in [1.82, 2.24) is 0 Å². The molecule has 0 fully saturated rings. The smallest absolute Gasteiger partial charge is 0.134 e. The summed E-state index contributed by atoms with van der Waals surface area (Å²) in [4.78, 5) is 14.2. The summed E-state index contributed by atoms with van der Waals surface area (Å²) in [7, 11) is -2.87. The van der Waals surface area contributed by atoms with Crippen molar-refractivity contribution in [3.05, 3.63) is 0 Å². The van der Waals surface area contributed by atoms with Gasteiger partial charge in [-0.2, -0.15) is 0 Å². The van der Waals surface area contributed by atoms with Crippen LogP contribution in [0, 0.1) is 0 Å². The van der Waals surface area contributed by atoms with Gasteiger partial charge >= 0.3 is 8.25 Å². The molecule has 1 radical (unpaired) electrons. The van der Waals surface area contributed by atoms with E-state index in [4.69, 9.17) is 14.4 Å². The Hall–Kier alpha value is 1.29. The van der Waals surface area contributed by atoms with Crippen LogP contribution in [-0.2, 0) is 44.2 Å². The van der Waals surface area contributed by atoms with Crippen molar-refractivity contribution in [3.8, 4) is 0 Å². The molecule has 0 aromatic carbocycles. The van der Waals surface area contributed by atoms with Gasteiger partial charge in [0.05, 0.1) is 0 Å². The molecule has 6 heteroatoms. The third-order valence-electron chi connectivity index (χ3n) is 0.